The fraction of sp³-hybridized carbons (Fsp3) is 0.600. The van der Waals surface area contributed by atoms with Gasteiger partial charge in [-0.2, -0.15) is 5.06 Å². The van der Waals surface area contributed by atoms with E-state index in [1.165, 1.54) is 20.6 Å². The molecule has 0 aromatic rings. The number of rotatable bonds is 15. The van der Waals surface area contributed by atoms with E-state index in [1.54, 1.807) is 0 Å². The summed E-state index contributed by atoms with van der Waals surface area (Å²) in [6.07, 6.45) is 5.74. The van der Waals surface area contributed by atoms with Crippen LogP contribution >= 0.6 is 0 Å². The number of ether oxygens (including phenoxy) is 4. The second kappa shape index (κ2) is 28.5. The summed E-state index contributed by atoms with van der Waals surface area (Å²) in [4.78, 5) is 115. The highest BCUT2D eigenvalue weighted by Gasteiger charge is 2.35. The lowest BCUT2D eigenvalue weighted by molar-refractivity contribution is -0.199. The fourth-order valence-corrected chi connectivity index (χ4v) is 3.76. The third-order valence-corrected chi connectivity index (χ3v) is 6.50. The van der Waals surface area contributed by atoms with Gasteiger partial charge in [-0.15, -0.1) is 17.9 Å². The molecule has 0 spiro atoms. The first-order valence-electron chi connectivity index (χ1n) is 16.1. The number of hydroxylamine groups is 4. The Balaban J connectivity index is 0. The molecule has 298 valence electrons. The van der Waals surface area contributed by atoms with E-state index in [2.05, 4.69) is 46.6 Å². The summed E-state index contributed by atoms with van der Waals surface area (Å²) < 4.78 is 23.3. The monoisotopic (exact) mass is 763 g/mol. The Bertz CT molecular complexity index is 1310. The second-order valence-electron chi connectivity index (χ2n) is 10.1. The van der Waals surface area contributed by atoms with Crippen molar-refractivity contribution in [3.05, 3.63) is 0 Å². The lowest BCUT2D eigenvalue weighted by Crippen LogP contribution is -2.45. The van der Waals surface area contributed by atoms with Gasteiger partial charge in [0, 0.05) is 38.8 Å². The SMILES string of the molecule is COC(=O)NCCCCC(NC(=O)OC)C(=O)O.COC(=O)NCCCCC(NC(=O)OC)C(=O)ON1C(=O)CCC1=O.O=C1CCC(=O)N1O.[2H]C#C. The molecule has 8 amide bonds. The lowest BCUT2D eigenvalue weighted by Gasteiger charge is -2.19. The van der Waals surface area contributed by atoms with Crippen LogP contribution in [0.5, 0.6) is 0 Å². The minimum atomic E-state index is -1.12. The zero-order chi connectivity index (χ0) is 41.6. The molecule has 2 fully saturated rings. The number of nitrogens with one attached hydrogen (secondary N) is 4. The van der Waals surface area contributed by atoms with Gasteiger partial charge in [-0.1, -0.05) is 0 Å². The first kappa shape index (κ1) is 46.8. The van der Waals surface area contributed by atoms with Gasteiger partial charge in [-0.25, -0.2) is 28.8 Å². The molecule has 2 aliphatic rings. The van der Waals surface area contributed by atoms with E-state index in [1.807, 2.05) is 0 Å². The molecule has 23 nitrogen and oxygen atoms in total. The summed E-state index contributed by atoms with van der Waals surface area (Å²) in [5.41, 5.74) is 0. The number of hydrogen-bond acceptors (Lipinski definition) is 16. The van der Waals surface area contributed by atoms with Gasteiger partial charge in [0.05, 0.1) is 28.4 Å². The fourth-order valence-electron chi connectivity index (χ4n) is 3.76. The van der Waals surface area contributed by atoms with Crippen molar-refractivity contribution in [2.45, 2.75) is 76.3 Å². The van der Waals surface area contributed by atoms with Crippen LogP contribution in [0.25, 0.3) is 0 Å². The van der Waals surface area contributed by atoms with Gasteiger partial charge in [0.1, 0.15) is 13.5 Å². The van der Waals surface area contributed by atoms with E-state index in [0.717, 1.165) is 14.2 Å². The predicted octanol–water partition coefficient (Wildman–Crippen LogP) is -0.0596. The summed E-state index contributed by atoms with van der Waals surface area (Å²) >= 11 is 0. The van der Waals surface area contributed by atoms with Crippen molar-refractivity contribution in [3.63, 3.8) is 0 Å². The van der Waals surface area contributed by atoms with Crippen LogP contribution in [-0.4, -0.2) is 134 Å². The number of carbonyl (C=O) groups excluding carboxylic acids is 9. The predicted molar refractivity (Wildman–Crippen MR) is 175 cm³/mol. The van der Waals surface area contributed by atoms with Crippen LogP contribution in [0.1, 0.15) is 65.6 Å². The van der Waals surface area contributed by atoms with Gasteiger partial charge in [0.15, 0.2) is 0 Å². The molecule has 0 aromatic heterocycles. The molecule has 2 unspecified atom stereocenters. The van der Waals surface area contributed by atoms with E-state index in [-0.39, 0.29) is 43.6 Å². The van der Waals surface area contributed by atoms with Crippen LogP contribution in [0.2, 0.25) is 0 Å². The Kier molecular flexibility index (Phi) is 25.2. The third-order valence-electron chi connectivity index (χ3n) is 6.50. The van der Waals surface area contributed by atoms with E-state index < -0.39 is 72.0 Å². The van der Waals surface area contributed by atoms with E-state index >= 15 is 0 Å². The summed E-state index contributed by atoms with van der Waals surface area (Å²) in [6, 6.07) is -2.10. The number of carboxylic acid groups (broad SMARTS) is 1. The molecule has 2 saturated heterocycles. The summed E-state index contributed by atoms with van der Waals surface area (Å²) in [6.45, 7) is 0.701. The second-order valence-corrected chi connectivity index (χ2v) is 10.1. The lowest BCUT2D eigenvalue weighted by atomic mass is 10.1. The van der Waals surface area contributed by atoms with Crippen molar-refractivity contribution in [1.82, 2.24) is 31.4 Å². The topological polar surface area (TPSA) is 312 Å². The summed E-state index contributed by atoms with van der Waals surface area (Å²) in [5, 5.41) is 27.2. The molecule has 0 radical (unpaired) electrons. The van der Waals surface area contributed by atoms with Crippen LogP contribution in [0, 0.1) is 12.8 Å². The van der Waals surface area contributed by atoms with Crippen molar-refractivity contribution in [1.29, 1.82) is 0 Å². The number of nitrogens with zero attached hydrogens (tertiary/aromatic N) is 2. The van der Waals surface area contributed by atoms with Crippen LogP contribution in [-0.2, 0) is 52.6 Å². The molecule has 2 heterocycles. The maximum Gasteiger partial charge on any atom is 0.407 e. The van der Waals surface area contributed by atoms with Crippen molar-refractivity contribution < 1.29 is 83.4 Å². The summed E-state index contributed by atoms with van der Waals surface area (Å²) in [7, 11) is 4.79. The maximum absolute atomic E-state index is 12.1. The number of methoxy groups -OCH3 is 4. The van der Waals surface area contributed by atoms with Crippen LogP contribution < -0.4 is 21.3 Å². The molecule has 23 heteroatoms. The molecule has 6 N–H and O–H groups in total. The first-order valence-corrected chi connectivity index (χ1v) is 15.6. The molecule has 2 rings (SSSR count). The molecule has 0 bridgehead atoms. The average molecular weight is 764 g/mol. The van der Waals surface area contributed by atoms with Crippen molar-refractivity contribution in [3.8, 4) is 12.8 Å². The molecule has 53 heavy (non-hydrogen) atoms. The van der Waals surface area contributed by atoms with E-state index in [4.69, 9.17) is 16.5 Å². The molecular weight excluding hydrogens is 716 g/mol. The van der Waals surface area contributed by atoms with Crippen LogP contribution in [0.3, 0.4) is 0 Å². The van der Waals surface area contributed by atoms with Gasteiger partial charge >= 0.3 is 36.3 Å². The normalized spacial score (nSPS) is 14.0. The van der Waals surface area contributed by atoms with Crippen molar-refractivity contribution in [2.24, 2.45) is 0 Å². The smallest absolute Gasteiger partial charge is 0.407 e. The van der Waals surface area contributed by atoms with Gasteiger partial charge < -0.3 is 50.2 Å². The zero-order valence-corrected chi connectivity index (χ0v) is 29.6. The molecular formula is C30H46N6O17. The maximum atomic E-state index is 12.1. The Morgan fingerprint density at radius 1 is 0.679 bits per heavy atom. The van der Waals surface area contributed by atoms with Crippen LogP contribution in [0.15, 0.2) is 0 Å². The number of carboxylic acids is 1. The molecule has 0 aliphatic carbocycles. The quantitative estimate of drug-likeness (QED) is 0.0418. The van der Waals surface area contributed by atoms with E-state index in [0.29, 0.717) is 43.8 Å². The molecule has 2 atom stereocenters. The van der Waals surface area contributed by atoms with Gasteiger partial charge in [-0.05, 0) is 38.5 Å². The number of hydrogen-bond donors (Lipinski definition) is 6. The Hall–Kier alpha value is -6.18. The summed E-state index contributed by atoms with van der Waals surface area (Å²) in [5.74, 6) is -4.31. The molecule has 0 saturated carbocycles. The highest BCUT2D eigenvalue weighted by atomic mass is 16.7. The molecule has 0 aromatic carbocycles. The van der Waals surface area contributed by atoms with Crippen molar-refractivity contribution >= 4 is 59.9 Å². The minimum absolute atomic E-state index is 0.0274. The largest absolute Gasteiger partial charge is 0.480 e. The van der Waals surface area contributed by atoms with Gasteiger partial charge in [0.2, 0.25) is 0 Å². The van der Waals surface area contributed by atoms with Gasteiger partial charge in [-0.3, -0.25) is 24.4 Å². The number of amides is 8. The Labute approximate surface area is 305 Å². The minimum Gasteiger partial charge on any atom is -0.480 e. The number of unbranched alkanes of at least 4 members (excludes halogenated alkanes) is 2. The zero-order valence-electron chi connectivity index (χ0n) is 30.6. The number of imide groups is 2. The standard InChI is InChI=1S/C14H21N3O8.C10H18N2O6.C4H5NO3.C2H2/c1-23-13(21)15-8-4-3-5-9(16-14(22)24-2)12(20)25-17-10(18)6-7-11(17)19;1-17-9(15)11-6-4-3-5-7(8(13)14)12-10(16)18-2;6-3-1-2-4(7)5(3)8;1-2/h9H,3-8H2,1-2H3,(H,15,21)(H,16,22);7H,3-6H2,1-2H3,(H,11,15)(H,12,16)(H,13,14);8H,1-2H2;1-2H/i;;;1D. The third kappa shape index (κ3) is 21.6. The number of alkyl carbamates (subject to hydrolysis) is 4. The highest BCUT2D eigenvalue weighted by molar-refractivity contribution is 6.02. The van der Waals surface area contributed by atoms with Gasteiger partial charge in [0.25, 0.3) is 23.6 Å². The number of carbonyl (C=O) groups is 10. The van der Waals surface area contributed by atoms with Crippen molar-refractivity contribution in [2.75, 3.05) is 41.5 Å². The Morgan fingerprint density at radius 3 is 1.38 bits per heavy atom. The Morgan fingerprint density at radius 2 is 1.04 bits per heavy atom. The average Bonchev–Trinajstić information content (AvgIpc) is 3.63. The molecule has 2 aliphatic heterocycles. The van der Waals surface area contributed by atoms with E-state index in [9.17, 15) is 47.9 Å². The number of aliphatic carboxylic acids is 1. The first-order chi connectivity index (χ1) is 25.5. The highest BCUT2D eigenvalue weighted by Crippen LogP contribution is 2.14. The number of terminal acetylenes is 1. The van der Waals surface area contributed by atoms with Crippen LogP contribution in [0.4, 0.5) is 19.2 Å².